The van der Waals surface area contributed by atoms with Crippen molar-refractivity contribution in [3.8, 4) is 28.6 Å². The maximum absolute atomic E-state index is 15.8. The first-order valence-electron chi connectivity index (χ1n) is 17.1. The van der Waals surface area contributed by atoms with Crippen molar-refractivity contribution >= 4 is 43.6 Å². The lowest BCUT2D eigenvalue weighted by Gasteiger charge is -2.21. The average Bonchev–Trinajstić information content (AvgIpc) is 3.60. The molecular weight excluding hydrogens is 640 g/mol. The molecule has 51 heavy (non-hydrogen) atoms. The molecule has 6 heteroatoms. The molecular formula is C45H36F3N3. The Balaban J connectivity index is 1.59. The molecule has 2 aromatic heterocycles. The van der Waals surface area contributed by atoms with E-state index in [4.69, 9.17) is 0 Å². The largest absolute Gasteiger partial charge is 0.308 e. The number of hydrogen-bond acceptors (Lipinski definition) is 1. The highest BCUT2D eigenvalue weighted by Gasteiger charge is 2.26. The topological polar surface area (TPSA) is 33.6 Å². The summed E-state index contributed by atoms with van der Waals surface area (Å²) in [5.41, 5.74) is 6.59. The van der Waals surface area contributed by atoms with E-state index in [0.717, 1.165) is 60.8 Å². The Hall–Kier alpha value is -5.80. The number of halogens is 3. The molecule has 252 valence electrons. The van der Waals surface area contributed by atoms with Crippen LogP contribution in [0.25, 0.3) is 66.1 Å². The first-order chi connectivity index (χ1) is 24.3. The van der Waals surface area contributed by atoms with E-state index in [-0.39, 0.29) is 22.0 Å². The van der Waals surface area contributed by atoms with Crippen molar-refractivity contribution in [2.45, 2.75) is 52.4 Å². The van der Waals surface area contributed by atoms with E-state index >= 15 is 4.39 Å². The maximum atomic E-state index is 15.8. The van der Waals surface area contributed by atoms with E-state index in [1.807, 2.05) is 57.7 Å². The minimum absolute atomic E-state index is 0.170. The number of nitrogens with zero attached hydrogens (tertiary/aromatic N) is 3. The minimum atomic E-state index is -1.28. The smallest absolute Gasteiger partial charge is 0.166 e. The van der Waals surface area contributed by atoms with E-state index in [1.165, 1.54) is 0 Å². The second kappa shape index (κ2) is 11.4. The van der Waals surface area contributed by atoms with Crippen molar-refractivity contribution in [1.29, 1.82) is 5.26 Å². The van der Waals surface area contributed by atoms with Crippen molar-refractivity contribution < 1.29 is 13.2 Å². The summed E-state index contributed by atoms with van der Waals surface area (Å²) in [6.45, 7) is 12.9. The summed E-state index contributed by atoms with van der Waals surface area (Å²) in [5, 5.41) is 15.1. The fourth-order valence-electron chi connectivity index (χ4n) is 7.39. The van der Waals surface area contributed by atoms with Crippen molar-refractivity contribution in [2.75, 3.05) is 0 Å². The third-order valence-corrected chi connectivity index (χ3v) is 10.1. The molecule has 0 spiro atoms. The summed E-state index contributed by atoms with van der Waals surface area (Å²) in [5.74, 6) is -3.34. The number of benzene rings is 6. The molecule has 8 aromatic rings. The van der Waals surface area contributed by atoms with Gasteiger partial charge in [0, 0.05) is 33.2 Å². The third-order valence-electron chi connectivity index (χ3n) is 10.1. The number of para-hydroxylation sites is 2. The van der Waals surface area contributed by atoms with Crippen LogP contribution in [0.4, 0.5) is 13.2 Å². The molecule has 0 N–H and O–H groups in total. The zero-order chi connectivity index (χ0) is 36.0. The van der Waals surface area contributed by atoms with Crippen LogP contribution in [0.3, 0.4) is 0 Å². The third kappa shape index (κ3) is 5.10. The van der Waals surface area contributed by atoms with Crippen LogP contribution in [0.2, 0.25) is 0 Å². The van der Waals surface area contributed by atoms with Gasteiger partial charge in [-0.15, -0.1) is 0 Å². The molecule has 3 nitrogen and oxygen atoms in total. The molecule has 0 aliphatic heterocycles. The highest BCUT2D eigenvalue weighted by Crippen LogP contribution is 2.42. The van der Waals surface area contributed by atoms with E-state index in [2.05, 4.69) is 84.0 Å². The van der Waals surface area contributed by atoms with Gasteiger partial charge in [-0.25, -0.2) is 13.2 Å². The van der Waals surface area contributed by atoms with Gasteiger partial charge in [-0.05, 0) is 70.0 Å². The molecule has 0 radical (unpaired) electrons. The van der Waals surface area contributed by atoms with Crippen molar-refractivity contribution in [1.82, 2.24) is 9.13 Å². The SMILES string of the molecule is CC(C)(C)c1ccc2c3ccccc3n(-c3cc(-c4cc(F)cc(F)c4F)cc(-n4c5ccccc5c5ccc(C(C)(C)C)cc54)c3C#N)c2c1. The average molecular weight is 676 g/mol. The quantitative estimate of drug-likeness (QED) is 0.172. The van der Waals surface area contributed by atoms with E-state index in [1.54, 1.807) is 12.1 Å². The molecule has 0 saturated carbocycles. The Morgan fingerprint density at radius 1 is 0.529 bits per heavy atom. The molecule has 0 saturated heterocycles. The lowest BCUT2D eigenvalue weighted by Crippen LogP contribution is -2.11. The standard InChI is InChI=1S/C45H36F3N3/c1-44(2,3)27-15-17-32-30-11-7-9-13-37(30)50(41(32)21-27)39-19-26(34-23-29(46)24-36(47)43(34)48)20-40(35(39)25-49)51-38-14-10-8-12-31(38)33-18-16-28(22-42(33)51)45(4,5)6/h7-24H,1-6H3. The van der Waals surface area contributed by atoms with Gasteiger partial charge < -0.3 is 9.13 Å². The monoisotopic (exact) mass is 675 g/mol. The maximum Gasteiger partial charge on any atom is 0.166 e. The summed E-state index contributed by atoms with van der Waals surface area (Å²) in [7, 11) is 0. The van der Waals surface area contributed by atoms with Crippen LogP contribution in [0.5, 0.6) is 0 Å². The highest BCUT2D eigenvalue weighted by atomic mass is 19.2. The summed E-state index contributed by atoms with van der Waals surface area (Å²) in [4.78, 5) is 0. The van der Waals surface area contributed by atoms with Gasteiger partial charge >= 0.3 is 0 Å². The number of rotatable bonds is 3. The van der Waals surface area contributed by atoms with Crippen LogP contribution >= 0.6 is 0 Å². The van der Waals surface area contributed by atoms with E-state index in [0.29, 0.717) is 23.0 Å². The Morgan fingerprint density at radius 2 is 0.980 bits per heavy atom. The molecule has 0 aliphatic carbocycles. The molecule has 0 atom stereocenters. The molecule has 0 fully saturated rings. The molecule has 2 heterocycles. The first-order valence-corrected chi connectivity index (χ1v) is 17.1. The van der Waals surface area contributed by atoms with Crippen molar-refractivity contribution in [3.63, 3.8) is 0 Å². The van der Waals surface area contributed by atoms with Gasteiger partial charge in [-0.3, -0.25) is 0 Å². The predicted octanol–water partition coefficient (Wildman–Crippen LogP) is 12.4. The van der Waals surface area contributed by atoms with Crippen LogP contribution in [0.1, 0.15) is 58.2 Å². The Kier molecular flexibility index (Phi) is 7.22. The number of fused-ring (bicyclic) bond motifs is 6. The zero-order valence-corrected chi connectivity index (χ0v) is 29.4. The van der Waals surface area contributed by atoms with Gasteiger partial charge in [-0.1, -0.05) is 102 Å². The molecule has 0 unspecified atom stereocenters. The summed E-state index contributed by atoms with van der Waals surface area (Å²) in [6.07, 6.45) is 0. The predicted molar refractivity (Wildman–Crippen MR) is 203 cm³/mol. The highest BCUT2D eigenvalue weighted by molar-refractivity contribution is 6.11. The van der Waals surface area contributed by atoms with Crippen LogP contribution in [-0.4, -0.2) is 9.13 Å². The lowest BCUT2D eigenvalue weighted by molar-refractivity contribution is 0.497. The second-order valence-corrected chi connectivity index (χ2v) is 15.4. The fraction of sp³-hybridized carbons (Fsp3) is 0.178. The first kappa shape index (κ1) is 32.4. The van der Waals surface area contributed by atoms with E-state index < -0.39 is 17.5 Å². The number of hydrogen-bond donors (Lipinski definition) is 0. The second-order valence-electron chi connectivity index (χ2n) is 15.4. The zero-order valence-electron chi connectivity index (χ0n) is 29.4. The van der Waals surface area contributed by atoms with Crippen LogP contribution in [0, 0.1) is 28.8 Å². The molecule has 8 rings (SSSR count). The van der Waals surface area contributed by atoms with E-state index in [9.17, 15) is 14.0 Å². The van der Waals surface area contributed by atoms with Crippen molar-refractivity contribution in [3.05, 3.63) is 143 Å². The molecule has 6 aromatic carbocycles. The lowest BCUT2D eigenvalue weighted by atomic mass is 9.86. The summed E-state index contributed by atoms with van der Waals surface area (Å²) in [6, 6.07) is 36.1. The van der Waals surface area contributed by atoms with Gasteiger partial charge in [-0.2, -0.15) is 5.26 Å². The van der Waals surface area contributed by atoms with Crippen LogP contribution in [-0.2, 0) is 10.8 Å². The molecule has 0 aliphatic rings. The van der Waals surface area contributed by atoms with Gasteiger partial charge in [0.2, 0.25) is 0 Å². The van der Waals surface area contributed by atoms with Crippen molar-refractivity contribution in [2.24, 2.45) is 0 Å². The minimum Gasteiger partial charge on any atom is -0.308 e. The van der Waals surface area contributed by atoms with Gasteiger partial charge in [0.1, 0.15) is 17.4 Å². The Labute approximate surface area is 294 Å². The van der Waals surface area contributed by atoms with Gasteiger partial charge in [0.15, 0.2) is 11.6 Å². The Morgan fingerprint density at radius 3 is 1.43 bits per heavy atom. The summed E-state index contributed by atoms with van der Waals surface area (Å²) < 4.78 is 49.6. The number of nitriles is 1. The number of aromatic nitrogens is 2. The molecule has 0 amide bonds. The van der Waals surface area contributed by atoms with Gasteiger partial charge in [0.25, 0.3) is 0 Å². The van der Waals surface area contributed by atoms with Crippen LogP contribution in [0.15, 0.2) is 109 Å². The fourth-order valence-corrected chi connectivity index (χ4v) is 7.39. The van der Waals surface area contributed by atoms with Crippen LogP contribution < -0.4 is 0 Å². The Bertz CT molecular complexity index is 2610. The normalized spacial score (nSPS) is 12.4. The van der Waals surface area contributed by atoms with Gasteiger partial charge in [0.05, 0.1) is 33.4 Å². The summed E-state index contributed by atoms with van der Waals surface area (Å²) >= 11 is 0. The molecule has 0 bridgehead atoms.